The van der Waals surface area contributed by atoms with E-state index in [0.29, 0.717) is 24.7 Å². The van der Waals surface area contributed by atoms with Gasteiger partial charge in [-0.1, -0.05) is 72.8 Å². The number of hydrogen-bond acceptors (Lipinski definition) is 5. The minimum Gasteiger partial charge on any atom is -0.497 e. The number of amides is 1. The minimum atomic E-state index is -0.455. The molecule has 0 bridgehead atoms. The van der Waals surface area contributed by atoms with Gasteiger partial charge >= 0.3 is 6.09 Å². The second-order valence-corrected chi connectivity index (χ2v) is 8.02. The molecule has 1 amide bonds. The molecule has 0 aliphatic carbocycles. The summed E-state index contributed by atoms with van der Waals surface area (Å²) in [6, 6.07) is 32.9. The van der Waals surface area contributed by atoms with Crippen LogP contribution in [0.15, 0.2) is 108 Å². The molecule has 0 fully saturated rings. The van der Waals surface area contributed by atoms with Crippen molar-refractivity contribution in [3.63, 3.8) is 0 Å². The second kappa shape index (κ2) is 12.8. The molecule has 182 valence electrons. The molecular formula is C30H28N2O4. The Hall–Kier alpha value is -4.58. The van der Waals surface area contributed by atoms with E-state index < -0.39 is 6.09 Å². The summed E-state index contributed by atoms with van der Waals surface area (Å²) in [4.78, 5) is 16.5. The van der Waals surface area contributed by atoms with Crippen molar-refractivity contribution in [3.05, 3.63) is 125 Å². The van der Waals surface area contributed by atoms with E-state index in [9.17, 15) is 4.79 Å². The third kappa shape index (κ3) is 7.46. The molecule has 0 aliphatic rings. The number of benzene rings is 4. The Labute approximate surface area is 211 Å². The highest BCUT2D eigenvalue weighted by atomic mass is 16.5. The fraction of sp³-hybridized carbons (Fsp3) is 0.133. The number of nitrogens with one attached hydrogen (secondary N) is 1. The fourth-order valence-electron chi connectivity index (χ4n) is 3.40. The Morgan fingerprint density at radius 1 is 0.806 bits per heavy atom. The van der Waals surface area contributed by atoms with Crippen molar-refractivity contribution >= 4 is 18.0 Å². The second-order valence-electron chi connectivity index (χ2n) is 8.02. The summed E-state index contributed by atoms with van der Waals surface area (Å²) in [5, 5.41) is 2.76. The van der Waals surface area contributed by atoms with E-state index in [1.807, 2.05) is 103 Å². The average Bonchev–Trinajstić information content (AvgIpc) is 2.94. The van der Waals surface area contributed by atoms with Crippen molar-refractivity contribution in [3.8, 4) is 11.5 Å². The van der Waals surface area contributed by atoms with Crippen molar-refractivity contribution < 1.29 is 19.0 Å². The zero-order chi connectivity index (χ0) is 25.0. The summed E-state index contributed by atoms with van der Waals surface area (Å²) in [6.07, 6.45) is 1.32. The molecule has 36 heavy (non-hydrogen) atoms. The first-order valence-corrected chi connectivity index (χ1v) is 11.6. The molecule has 4 aromatic carbocycles. The lowest BCUT2D eigenvalue weighted by atomic mass is 10.2. The standard InChI is InChI=1S/C30H28N2O4/c1-34-28-17-14-26(29(18-28)35-21-24-8-4-2-5-9-24)20-31-27-15-12-23(13-16-27)19-32-30(33)36-22-25-10-6-3-7-11-25/h2-18,20H,19,21-22H2,1H3,(H,32,33). The van der Waals surface area contributed by atoms with Gasteiger partial charge in [-0.3, -0.25) is 4.99 Å². The molecule has 1 N–H and O–H groups in total. The van der Waals surface area contributed by atoms with Gasteiger partial charge in [0.25, 0.3) is 0 Å². The zero-order valence-corrected chi connectivity index (χ0v) is 20.1. The highest BCUT2D eigenvalue weighted by Gasteiger charge is 2.06. The topological polar surface area (TPSA) is 69.2 Å². The maximum Gasteiger partial charge on any atom is 0.407 e. The third-order valence-corrected chi connectivity index (χ3v) is 5.40. The van der Waals surface area contributed by atoms with E-state index in [2.05, 4.69) is 10.3 Å². The molecule has 6 heteroatoms. The van der Waals surface area contributed by atoms with Crippen molar-refractivity contribution in [1.82, 2.24) is 5.32 Å². The van der Waals surface area contributed by atoms with Crippen molar-refractivity contribution in [2.75, 3.05) is 7.11 Å². The lowest BCUT2D eigenvalue weighted by molar-refractivity contribution is 0.139. The average molecular weight is 481 g/mol. The molecule has 0 spiro atoms. The highest BCUT2D eigenvalue weighted by Crippen LogP contribution is 2.25. The van der Waals surface area contributed by atoms with Gasteiger partial charge in [-0.2, -0.15) is 0 Å². The number of rotatable bonds is 10. The summed E-state index contributed by atoms with van der Waals surface area (Å²) in [5.41, 5.74) is 4.60. The minimum absolute atomic E-state index is 0.239. The molecule has 0 atom stereocenters. The molecule has 0 saturated carbocycles. The maximum atomic E-state index is 12.0. The molecule has 6 nitrogen and oxygen atoms in total. The first kappa shape index (κ1) is 24.5. The van der Waals surface area contributed by atoms with E-state index in [-0.39, 0.29) is 6.61 Å². The largest absolute Gasteiger partial charge is 0.497 e. The van der Waals surface area contributed by atoms with Gasteiger partial charge in [-0.05, 0) is 41.0 Å². The Balaban J connectivity index is 1.32. The quantitative estimate of drug-likeness (QED) is 0.265. The van der Waals surface area contributed by atoms with Gasteiger partial charge in [0.05, 0.1) is 12.8 Å². The predicted octanol–water partition coefficient (Wildman–Crippen LogP) is 6.45. The van der Waals surface area contributed by atoms with Crippen LogP contribution in [0.4, 0.5) is 10.5 Å². The predicted molar refractivity (Wildman–Crippen MR) is 141 cm³/mol. The third-order valence-electron chi connectivity index (χ3n) is 5.40. The van der Waals surface area contributed by atoms with Crippen LogP contribution in [-0.2, 0) is 24.5 Å². The van der Waals surface area contributed by atoms with Crippen LogP contribution >= 0.6 is 0 Å². The number of ether oxygens (including phenoxy) is 3. The van der Waals surface area contributed by atoms with Gasteiger partial charge < -0.3 is 19.5 Å². The van der Waals surface area contributed by atoms with Crippen LogP contribution in [0.25, 0.3) is 0 Å². The van der Waals surface area contributed by atoms with Crippen molar-refractivity contribution in [2.24, 2.45) is 4.99 Å². The van der Waals surface area contributed by atoms with Gasteiger partial charge in [-0.15, -0.1) is 0 Å². The van der Waals surface area contributed by atoms with Gasteiger partial charge in [0.1, 0.15) is 24.7 Å². The molecule has 0 radical (unpaired) electrons. The monoisotopic (exact) mass is 480 g/mol. The van der Waals surface area contributed by atoms with Crippen LogP contribution in [0.5, 0.6) is 11.5 Å². The SMILES string of the molecule is COc1ccc(C=Nc2ccc(CNC(=O)OCc3ccccc3)cc2)c(OCc2ccccc2)c1. The van der Waals surface area contributed by atoms with Gasteiger partial charge in [0, 0.05) is 24.4 Å². The smallest absolute Gasteiger partial charge is 0.407 e. The number of methoxy groups -OCH3 is 1. The number of carbonyl (C=O) groups excluding carboxylic acids is 1. The lowest BCUT2D eigenvalue weighted by Gasteiger charge is -2.11. The van der Waals surface area contributed by atoms with Crippen LogP contribution in [-0.4, -0.2) is 19.4 Å². The fourth-order valence-corrected chi connectivity index (χ4v) is 3.40. The van der Waals surface area contributed by atoms with Crippen LogP contribution in [0.1, 0.15) is 22.3 Å². The van der Waals surface area contributed by atoms with Crippen molar-refractivity contribution in [1.29, 1.82) is 0 Å². The molecule has 0 aliphatic heterocycles. The normalized spacial score (nSPS) is 10.7. The van der Waals surface area contributed by atoms with Crippen LogP contribution in [0, 0.1) is 0 Å². The van der Waals surface area contributed by atoms with Crippen LogP contribution in [0.2, 0.25) is 0 Å². The molecule has 4 rings (SSSR count). The number of carbonyl (C=O) groups is 1. The van der Waals surface area contributed by atoms with E-state index in [1.54, 1.807) is 13.3 Å². The Morgan fingerprint density at radius 2 is 1.47 bits per heavy atom. The lowest BCUT2D eigenvalue weighted by Crippen LogP contribution is -2.23. The molecule has 0 unspecified atom stereocenters. The van der Waals surface area contributed by atoms with Gasteiger partial charge in [0.2, 0.25) is 0 Å². The molecule has 0 aromatic heterocycles. The molecule has 0 heterocycles. The van der Waals surface area contributed by atoms with E-state index in [4.69, 9.17) is 14.2 Å². The summed E-state index contributed by atoms with van der Waals surface area (Å²) in [7, 11) is 1.63. The number of hydrogen-bond donors (Lipinski definition) is 1. The van der Waals surface area contributed by atoms with Crippen LogP contribution < -0.4 is 14.8 Å². The Morgan fingerprint density at radius 3 is 2.14 bits per heavy atom. The molecule has 4 aromatic rings. The summed E-state index contributed by atoms with van der Waals surface area (Å²) >= 11 is 0. The van der Waals surface area contributed by atoms with E-state index >= 15 is 0 Å². The number of alkyl carbamates (subject to hydrolysis) is 1. The Bertz CT molecular complexity index is 1270. The number of nitrogens with zero attached hydrogens (tertiary/aromatic N) is 1. The van der Waals surface area contributed by atoms with E-state index in [0.717, 1.165) is 27.9 Å². The molecular weight excluding hydrogens is 452 g/mol. The first-order chi connectivity index (χ1) is 17.7. The zero-order valence-electron chi connectivity index (χ0n) is 20.1. The summed E-state index contributed by atoms with van der Waals surface area (Å²) in [5.74, 6) is 1.41. The Kier molecular flexibility index (Phi) is 8.70. The van der Waals surface area contributed by atoms with Gasteiger partial charge in [0.15, 0.2) is 0 Å². The van der Waals surface area contributed by atoms with Gasteiger partial charge in [-0.25, -0.2) is 4.79 Å². The van der Waals surface area contributed by atoms with Crippen molar-refractivity contribution in [2.45, 2.75) is 19.8 Å². The molecule has 0 saturated heterocycles. The highest BCUT2D eigenvalue weighted by molar-refractivity contribution is 5.85. The number of aliphatic imine (C=N–C) groups is 1. The maximum absolute atomic E-state index is 12.0. The summed E-state index contributed by atoms with van der Waals surface area (Å²) < 4.78 is 16.6. The summed E-state index contributed by atoms with van der Waals surface area (Å²) in [6.45, 7) is 1.06. The van der Waals surface area contributed by atoms with Crippen LogP contribution in [0.3, 0.4) is 0 Å². The van der Waals surface area contributed by atoms with E-state index in [1.165, 1.54) is 0 Å². The first-order valence-electron chi connectivity index (χ1n) is 11.6.